The maximum absolute atomic E-state index is 12.2. The number of fused-ring (bicyclic) bond motifs is 1. The molecular weight excluding hydrogens is 368 g/mol. The number of hydrogen-bond donors (Lipinski definition) is 2. The first-order valence-corrected chi connectivity index (χ1v) is 9.01. The molecule has 1 unspecified atom stereocenters. The lowest BCUT2D eigenvalue weighted by Gasteiger charge is -2.20. The zero-order valence-corrected chi connectivity index (χ0v) is 16.5. The highest BCUT2D eigenvalue weighted by Crippen LogP contribution is 2.32. The van der Waals surface area contributed by atoms with Crippen LogP contribution in [-0.4, -0.2) is 49.4 Å². The molecule has 1 aliphatic heterocycles. The molecular formula is C19H26N2O7. The molecule has 9 nitrogen and oxygen atoms in total. The summed E-state index contributed by atoms with van der Waals surface area (Å²) in [6.07, 6.45) is -1.70. The van der Waals surface area contributed by atoms with Gasteiger partial charge in [-0.25, -0.2) is 4.79 Å². The van der Waals surface area contributed by atoms with Crippen molar-refractivity contribution < 1.29 is 33.3 Å². The topological polar surface area (TPSA) is 112 Å². The molecule has 0 radical (unpaired) electrons. The number of amides is 2. The van der Waals surface area contributed by atoms with Gasteiger partial charge in [-0.1, -0.05) is 0 Å². The Balaban J connectivity index is 1.74. The van der Waals surface area contributed by atoms with E-state index in [-0.39, 0.29) is 13.0 Å². The van der Waals surface area contributed by atoms with Gasteiger partial charge in [-0.05, 0) is 39.8 Å². The Morgan fingerprint density at radius 1 is 1.14 bits per heavy atom. The molecule has 2 N–H and O–H groups in total. The summed E-state index contributed by atoms with van der Waals surface area (Å²) >= 11 is 0. The van der Waals surface area contributed by atoms with Crippen molar-refractivity contribution in [2.75, 3.05) is 25.1 Å². The van der Waals surface area contributed by atoms with E-state index in [1.165, 1.54) is 6.92 Å². The van der Waals surface area contributed by atoms with Gasteiger partial charge in [0.1, 0.15) is 18.8 Å². The second kappa shape index (κ2) is 9.29. The molecule has 0 bridgehead atoms. The lowest BCUT2D eigenvalue weighted by Crippen LogP contribution is -2.35. The number of benzene rings is 1. The highest BCUT2D eigenvalue weighted by molar-refractivity contribution is 5.95. The molecule has 9 heteroatoms. The third-order valence-corrected chi connectivity index (χ3v) is 3.48. The molecule has 0 saturated carbocycles. The van der Waals surface area contributed by atoms with Crippen molar-refractivity contribution in [2.45, 2.75) is 45.8 Å². The van der Waals surface area contributed by atoms with Gasteiger partial charge in [-0.3, -0.25) is 9.59 Å². The largest absolute Gasteiger partial charge is 0.486 e. The summed E-state index contributed by atoms with van der Waals surface area (Å²) in [5.41, 5.74) is -0.117. The van der Waals surface area contributed by atoms with Gasteiger partial charge in [0.05, 0.1) is 6.42 Å². The molecule has 0 fully saturated rings. The zero-order valence-electron chi connectivity index (χ0n) is 16.5. The van der Waals surface area contributed by atoms with Crippen LogP contribution in [0.5, 0.6) is 11.5 Å². The van der Waals surface area contributed by atoms with Crippen LogP contribution in [0.1, 0.15) is 34.1 Å². The van der Waals surface area contributed by atoms with E-state index in [0.717, 1.165) is 0 Å². The molecule has 28 heavy (non-hydrogen) atoms. The lowest BCUT2D eigenvalue weighted by molar-refractivity contribution is -0.153. The fourth-order valence-electron chi connectivity index (χ4n) is 2.26. The predicted octanol–water partition coefficient (Wildman–Crippen LogP) is 2.24. The zero-order chi connectivity index (χ0) is 20.7. The van der Waals surface area contributed by atoms with E-state index in [1.807, 2.05) is 0 Å². The van der Waals surface area contributed by atoms with E-state index in [9.17, 15) is 14.4 Å². The highest BCUT2D eigenvalue weighted by Gasteiger charge is 2.20. The number of esters is 1. The van der Waals surface area contributed by atoms with Crippen molar-refractivity contribution in [2.24, 2.45) is 0 Å². The quantitative estimate of drug-likeness (QED) is 0.712. The Hall–Kier alpha value is -2.97. The van der Waals surface area contributed by atoms with E-state index >= 15 is 0 Å². The third kappa shape index (κ3) is 6.98. The molecule has 154 valence electrons. The maximum atomic E-state index is 12.2. The van der Waals surface area contributed by atoms with Gasteiger partial charge in [0.2, 0.25) is 0 Å². The van der Waals surface area contributed by atoms with Gasteiger partial charge in [0.25, 0.3) is 5.91 Å². The number of rotatable bonds is 6. The monoisotopic (exact) mass is 394 g/mol. The van der Waals surface area contributed by atoms with Gasteiger partial charge in [-0.15, -0.1) is 0 Å². The Labute approximate surface area is 163 Å². The van der Waals surface area contributed by atoms with E-state index in [0.29, 0.717) is 30.4 Å². The Morgan fingerprint density at radius 3 is 2.50 bits per heavy atom. The maximum Gasteiger partial charge on any atom is 0.407 e. The van der Waals surface area contributed by atoms with Crippen molar-refractivity contribution in [3.63, 3.8) is 0 Å². The normalized spacial score (nSPS) is 13.9. The fraction of sp³-hybridized carbons (Fsp3) is 0.526. The summed E-state index contributed by atoms with van der Waals surface area (Å²) < 4.78 is 21.0. The molecule has 1 aliphatic rings. The smallest absolute Gasteiger partial charge is 0.407 e. The molecule has 0 aromatic heterocycles. The Bertz CT molecular complexity index is 727. The molecule has 0 spiro atoms. The minimum absolute atomic E-state index is 0.0459. The molecule has 1 atom stereocenters. The van der Waals surface area contributed by atoms with E-state index < -0.39 is 29.7 Å². The first-order valence-electron chi connectivity index (χ1n) is 9.01. The minimum Gasteiger partial charge on any atom is -0.486 e. The van der Waals surface area contributed by atoms with Crippen LogP contribution in [0.15, 0.2) is 18.2 Å². The van der Waals surface area contributed by atoms with Crippen molar-refractivity contribution in [3.05, 3.63) is 18.2 Å². The minimum atomic E-state index is -0.998. The Morgan fingerprint density at radius 2 is 1.82 bits per heavy atom. The molecule has 2 rings (SSSR count). The van der Waals surface area contributed by atoms with Crippen molar-refractivity contribution in [1.82, 2.24) is 5.32 Å². The number of carbonyl (C=O) groups excluding carboxylic acids is 3. The molecule has 1 aromatic rings. The first-order chi connectivity index (χ1) is 13.1. The third-order valence-electron chi connectivity index (χ3n) is 3.48. The SMILES string of the molecule is CC(OC(=O)CCNC(=O)OC(C)(C)C)C(=O)Nc1ccc2c(c1)OCCO2. The standard InChI is InChI=1S/C19H26N2O7/c1-12(27-16(22)7-8-20-18(24)28-19(2,3)4)17(23)21-13-5-6-14-15(11-13)26-10-9-25-14/h5-6,11-12H,7-10H2,1-4H3,(H,20,24)(H,21,23). The molecule has 1 heterocycles. The molecule has 2 amide bonds. The van der Waals surface area contributed by atoms with Crippen molar-refractivity contribution in [3.8, 4) is 11.5 Å². The van der Waals surface area contributed by atoms with E-state index in [1.54, 1.807) is 39.0 Å². The highest BCUT2D eigenvalue weighted by atomic mass is 16.6. The number of anilines is 1. The average molecular weight is 394 g/mol. The van der Waals surface area contributed by atoms with E-state index in [4.69, 9.17) is 18.9 Å². The van der Waals surface area contributed by atoms with Crippen LogP contribution in [-0.2, 0) is 19.1 Å². The molecule has 0 saturated heterocycles. The van der Waals surface area contributed by atoms with E-state index in [2.05, 4.69) is 10.6 Å². The van der Waals surface area contributed by atoms with Crippen LogP contribution in [0.25, 0.3) is 0 Å². The average Bonchev–Trinajstić information content (AvgIpc) is 2.60. The van der Waals surface area contributed by atoms with Crippen LogP contribution in [0, 0.1) is 0 Å². The number of hydrogen-bond acceptors (Lipinski definition) is 7. The van der Waals surface area contributed by atoms with Crippen LogP contribution < -0.4 is 20.1 Å². The second-order valence-corrected chi connectivity index (χ2v) is 7.16. The number of ether oxygens (including phenoxy) is 4. The first kappa shape index (κ1) is 21.3. The van der Waals surface area contributed by atoms with Crippen molar-refractivity contribution >= 4 is 23.7 Å². The molecule has 0 aliphatic carbocycles. The summed E-state index contributed by atoms with van der Waals surface area (Å²) in [5.74, 6) is 0.0640. The second-order valence-electron chi connectivity index (χ2n) is 7.16. The van der Waals surface area contributed by atoms with Gasteiger partial charge in [-0.2, -0.15) is 0 Å². The van der Waals surface area contributed by atoms with Crippen LogP contribution >= 0.6 is 0 Å². The Kier molecular flexibility index (Phi) is 7.08. The van der Waals surface area contributed by atoms with Gasteiger partial charge in [0, 0.05) is 18.3 Å². The summed E-state index contributed by atoms with van der Waals surface area (Å²) in [7, 11) is 0. The van der Waals surface area contributed by atoms with Gasteiger partial charge >= 0.3 is 12.1 Å². The number of carbonyl (C=O) groups is 3. The predicted molar refractivity (Wildman–Crippen MR) is 100 cm³/mol. The van der Waals surface area contributed by atoms with Gasteiger partial charge < -0.3 is 29.6 Å². The molecule has 1 aromatic carbocycles. The van der Waals surface area contributed by atoms with Crippen molar-refractivity contribution in [1.29, 1.82) is 0 Å². The summed E-state index contributed by atoms with van der Waals surface area (Å²) in [6, 6.07) is 5.01. The number of nitrogens with one attached hydrogen (secondary N) is 2. The lowest BCUT2D eigenvalue weighted by atomic mass is 10.2. The van der Waals surface area contributed by atoms with Gasteiger partial charge in [0.15, 0.2) is 17.6 Å². The summed E-state index contributed by atoms with van der Waals surface area (Å²) in [5, 5.41) is 5.11. The van der Waals surface area contributed by atoms with Crippen LogP contribution in [0.2, 0.25) is 0 Å². The summed E-state index contributed by atoms with van der Waals surface area (Å²) in [6.45, 7) is 7.65. The van der Waals surface area contributed by atoms with Crippen LogP contribution in [0.3, 0.4) is 0 Å². The summed E-state index contributed by atoms with van der Waals surface area (Å²) in [4.78, 5) is 35.5. The number of alkyl carbamates (subject to hydrolysis) is 1. The fourth-order valence-corrected chi connectivity index (χ4v) is 2.26. The van der Waals surface area contributed by atoms with Crippen LogP contribution in [0.4, 0.5) is 10.5 Å².